The van der Waals surface area contributed by atoms with Gasteiger partial charge < -0.3 is 15.4 Å². The zero-order valence-corrected chi connectivity index (χ0v) is 14.6. The average molecular weight is 347 g/mol. The SMILES string of the molecule is CC(C)Oc1ccc(Cl)cc1C(=O)NCCC1CCNC1.Cl. The van der Waals surface area contributed by atoms with Crippen LogP contribution in [0.3, 0.4) is 0 Å². The Morgan fingerprint density at radius 2 is 2.27 bits per heavy atom. The largest absolute Gasteiger partial charge is 0.490 e. The highest BCUT2D eigenvalue weighted by Crippen LogP contribution is 2.24. The molecule has 1 amide bonds. The number of rotatable bonds is 6. The Hall–Kier alpha value is -0.970. The number of hydrogen-bond donors (Lipinski definition) is 2. The summed E-state index contributed by atoms with van der Waals surface area (Å²) in [5, 5.41) is 6.83. The number of amides is 1. The minimum absolute atomic E-state index is 0. The number of carbonyl (C=O) groups is 1. The molecule has 22 heavy (non-hydrogen) atoms. The quantitative estimate of drug-likeness (QED) is 0.830. The van der Waals surface area contributed by atoms with Gasteiger partial charge in [0.15, 0.2) is 0 Å². The van der Waals surface area contributed by atoms with E-state index < -0.39 is 0 Å². The van der Waals surface area contributed by atoms with Gasteiger partial charge in [0.25, 0.3) is 5.91 Å². The number of ether oxygens (including phenoxy) is 1. The Balaban J connectivity index is 0.00000242. The van der Waals surface area contributed by atoms with Gasteiger partial charge in [0.05, 0.1) is 11.7 Å². The van der Waals surface area contributed by atoms with Crippen molar-refractivity contribution in [2.24, 2.45) is 5.92 Å². The molecular formula is C16H24Cl2N2O2. The molecule has 0 aliphatic carbocycles. The molecule has 2 rings (SSSR count). The molecule has 0 radical (unpaired) electrons. The van der Waals surface area contributed by atoms with Gasteiger partial charge in [-0.05, 0) is 63.9 Å². The second kappa shape index (κ2) is 9.23. The predicted octanol–water partition coefficient (Wildman–Crippen LogP) is 3.28. The normalized spacial score (nSPS) is 17.2. The number of benzene rings is 1. The van der Waals surface area contributed by atoms with Crippen molar-refractivity contribution in [1.29, 1.82) is 0 Å². The molecule has 0 aromatic heterocycles. The van der Waals surface area contributed by atoms with Crippen LogP contribution >= 0.6 is 24.0 Å². The Kier molecular flexibility index (Phi) is 8.01. The first-order valence-corrected chi connectivity index (χ1v) is 7.89. The van der Waals surface area contributed by atoms with Crippen LogP contribution in [0, 0.1) is 5.92 Å². The number of hydrogen-bond acceptors (Lipinski definition) is 3. The van der Waals surface area contributed by atoms with E-state index in [-0.39, 0.29) is 24.4 Å². The zero-order chi connectivity index (χ0) is 15.2. The molecule has 1 unspecified atom stereocenters. The summed E-state index contributed by atoms with van der Waals surface area (Å²) in [6, 6.07) is 5.14. The van der Waals surface area contributed by atoms with Crippen LogP contribution in [0.5, 0.6) is 5.75 Å². The predicted molar refractivity (Wildman–Crippen MR) is 92.4 cm³/mol. The lowest BCUT2D eigenvalue weighted by atomic mass is 10.1. The zero-order valence-electron chi connectivity index (χ0n) is 13.0. The van der Waals surface area contributed by atoms with Gasteiger partial charge in [-0.3, -0.25) is 4.79 Å². The van der Waals surface area contributed by atoms with Crippen LogP contribution in [0.2, 0.25) is 5.02 Å². The first-order valence-electron chi connectivity index (χ1n) is 7.51. The van der Waals surface area contributed by atoms with E-state index in [0.717, 1.165) is 19.5 Å². The summed E-state index contributed by atoms with van der Waals surface area (Å²) in [5.74, 6) is 1.12. The number of halogens is 2. The van der Waals surface area contributed by atoms with Gasteiger partial charge in [-0.15, -0.1) is 12.4 Å². The lowest BCUT2D eigenvalue weighted by Crippen LogP contribution is -2.27. The van der Waals surface area contributed by atoms with Crippen molar-refractivity contribution < 1.29 is 9.53 Å². The third-order valence-corrected chi connectivity index (χ3v) is 3.78. The molecule has 0 bridgehead atoms. The van der Waals surface area contributed by atoms with Crippen molar-refractivity contribution in [2.75, 3.05) is 19.6 Å². The molecule has 124 valence electrons. The van der Waals surface area contributed by atoms with Gasteiger partial charge in [0, 0.05) is 11.6 Å². The van der Waals surface area contributed by atoms with Gasteiger partial charge in [0.1, 0.15) is 5.75 Å². The average Bonchev–Trinajstić information content (AvgIpc) is 2.93. The van der Waals surface area contributed by atoms with Crippen LogP contribution in [0.4, 0.5) is 0 Å². The Morgan fingerprint density at radius 1 is 1.50 bits per heavy atom. The maximum atomic E-state index is 12.3. The highest BCUT2D eigenvalue weighted by Gasteiger charge is 2.17. The van der Waals surface area contributed by atoms with Crippen LogP contribution in [0.15, 0.2) is 18.2 Å². The minimum atomic E-state index is -0.126. The van der Waals surface area contributed by atoms with E-state index in [1.54, 1.807) is 18.2 Å². The summed E-state index contributed by atoms with van der Waals surface area (Å²) < 4.78 is 5.67. The van der Waals surface area contributed by atoms with Crippen molar-refractivity contribution in [3.8, 4) is 5.75 Å². The van der Waals surface area contributed by atoms with E-state index in [1.807, 2.05) is 13.8 Å². The standard InChI is InChI=1S/C16H23ClN2O2.ClH/c1-11(2)21-15-4-3-13(17)9-14(15)16(20)19-8-6-12-5-7-18-10-12;/h3-4,9,11-12,18H,5-8,10H2,1-2H3,(H,19,20);1H. The monoisotopic (exact) mass is 346 g/mol. The number of carbonyl (C=O) groups excluding carboxylic acids is 1. The smallest absolute Gasteiger partial charge is 0.255 e. The van der Waals surface area contributed by atoms with Crippen LogP contribution in [0.1, 0.15) is 37.0 Å². The fourth-order valence-electron chi connectivity index (χ4n) is 2.48. The van der Waals surface area contributed by atoms with Crippen molar-refractivity contribution >= 4 is 29.9 Å². The first-order chi connectivity index (χ1) is 10.1. The Morgan fingerprint density at radius 3 is 2.91 bits per heavy atom. The molecule has 1 aromatic rings. The third-order valence-electron chi connectivity index (χ3n) is 3.55. The highest BCUT2D eigenvalue weighted by molar-refractivity contribution is 6.31. The van der Waals surface area contributed by atoms with Crippen LogP contribution in [0.25, 0.3) is 0 Å². The van der Waals surface area contributed by atoms with Crippen LogP contribution in [-0.4, -0.2) is 31.6 Å². The maximum Gasteiger partial charge on any atom is 0.255 e. The van der Waals surface area contributed by atoms with E-state index in [2.05, 4.69) is 10.6 Å². The summed E-state index contributed by atoms with van der Waals surface area (Å²) in [5.41, 5.74) is 0.501. The molecule has 0 saturated carbocycles. The van der Waals surface area contributed by atoms with E-state index in [4.69, 9.17) is 16.3 Å². The third kappa shape index (κ3) is 5.67. The van der Waals surface area contributed by atoms with E-state index in [0.29, 0.717) is 28.8 Å². The van der Waals surface area contributed by atoms with Crippen LogP contribution < -0.4 is 15.4 Å². The second-order valence-corrected chi connectivity index (χ2v) is 6.15. The number of nitrogens with one attached hydrogen (secondary N) is 2. The molecule has 1 aromatic carbocycles. The molecule has 6 heteroatoms. The van der Waals surface area contributed by atoms with Gasteiger partial charge in [-0.1, -0.05) is 11.6 Å². The molecule has 4 nitrogen and oxygen atoms in total. The maximum absolute atomic E-state index is 12.3. The van der Waals surface area contributed by atoms with E-state index >= 15 is 0 Å². The molecule has 1 heterocycles. The lowest BCUT2D eigenvalue weighted by molar-refractivity contribution is 0.0946. The highest BCUT2D eigenvalue weighted by atomic mass is 35.5. The minimum Gasteiger partial charge on any atom is -0.490 e. The summed E-state index contributed by atoms with van der Waals surface area (Å²) in [6.07, 6.45) is 2.20. The van der Waals surface area contributed by atoms with Gasteiger partial charge in [-0.2, -0.15) is 0 Å². The van der Waals surface area contributed by atoms with Crippen molar-refractivity contribution in [3.63, 3.8) is 0 Å². The van der Waals surface area contributed by atoms with Crippen LogP contribution in [-0.2, 0) is 0 Å². The van der Waals surface area contributed by atoms with Crippen molar-refractivity contribution in [2.45, 2.75) is 32.8 Å². The van der Waals surface area contributed by atoms with Gasteiger partial charge in [-0.25, -0.2) is 0 Å². The lowest BCUT2D eigenvalue weighted by Gasteiger charge is -2.15. The summed E-state index contributed by atoms with van der Waals surface area (Å²) in [7, 11) is 0. The summed E-state index contributed by atoms with van der Waals surface area (Å²) in [4.78, 5) is 12.3. The fraction of sp³-hybridized carbons (Fsp3) is 0.562. The van der Waals surface area contributed by atoms with E-state index in [9.17, 15) is 4.79 Å². The summed E-state index contributed by atoms with van der Waals surface area (Å²) in [6.45, 7) is 6.68. The Bertz CT molecular complexity index is 489. The molecule has 1 saturated heterocycles. The molecule has 2 N–H and O–H groups in total. The molecule has 1 aliphatic heterocycles. The fourth-order valence-corrected chi connectivity index (χ4v) is 2.65. The second-order valence-electron chi connectivity index (χ2n) is 5.71. The molecular weight excluding hydrogens is 323 g/mol. The van der Waals surface area contributed by atoms with Crippen molar-refractivity contribution in [3.05, 3.63) is 28.8 Å². The van der Waals surface area contributed by atoms with Gasteiger partial charge in [0.2, 0.25) is 0 Å². The van der Waals surface area contributed by atoms with Crippen molar-refractivity contribution in [1.82, 2.24) is 10.6 Å². The summed E-state index contributed by atoms with van der Waals surface area (Å²) >= 11 is 5.99. The topological polar surface area (TPSA) is 50.4 Å². The Labute approximate surface area is 143 Å². The first kappa shape index (κ1) is 19.1. The molecule has 1 atom stereocenters. The van der Waals surface area contributed by atoms with Gasteiger partial charge >= 0.3 is 0 Å². The molecule has 1 fully saturated rings. The van der Waals surface area contributed by atoms with E-state index in [1.165, 1.54) is 6.42 Å². The molecule has 0 spiro atoms. The molecule has 1 aliphatic rings.